The zero-order valence-electron chi connectivity index (χ0n) is 13.7. The number of guanidine groups is 1. The van der Waals surface area contributed by atoms with Gasteiger partial charge >= 0.3 is 0 Å². The van der Waals surface area contributed by atoms with Crippen LogP contribution in [0, 0.1) is 0 Å². The number of ether oxygens (including phenoxy) is 3. The Hall–Kier alpha value is -1.47. The Balaban J connectivity index is 1.37. The summed E-state index contributed by atoms with van der Waals surface area (Å²) >= 11 is 3.55. The van der Waals surface area contributed by atoms with E-state index < -0.39 is 0 Å². The number of nitrogens with zero attached hydrogens (tertiary/aromatic N) is 1. The SMILES string of the molecule is CN=C(NCc1cc(Br)c2c(c1)OCCO2)NC1CC2CCC1O2. The van der Waals surface area contributed by atoms with E-state index in [4.69, 9.17) is 14.2 Å². The molecule has 0 aromatic heterocycles. The molecule has 0 amide bonds. The molecule has 0 radical (unpaired) electrons. The molecule has 0 saturated carbocycles. The molecule has 3 aliphatic heterocycles. The minimum Gasteiger partial charge on any atom is -0.486 e. The molecule has 6 nitrogen and oxygen atoms in total. The van der Waals surface area contributed by atoms with Gasteiger partial charge in [-0.3, -0.25) is 4.99 Å². The van der Waals surface area contributed by atoms with Gasteiger partial charge in [0.25, 0.3) is 0 Å². The number of rotatable bonds is 3. The zero-order valence-corrected chi connectivity index (χ0v) is 15.3. The third-order valence-electron chi connectivity index (χ3n) is 4.77. The van der Waals surface area contributed by atoms with Gasteiger partial charge in [-0.1, -0.05) is 0 Å². The summed E-state index contributed by atoms with van der Waals surface area (Å²) in [5, 5.41) is 6.86. The molecule has 3 atom stereocenters. The lowest BCUT2D eigenvalue weighted by Crippen LogP contribution is -2.47. The Bertz CT molecular complexity index is 652. The van der Waals surface area contributed by atoms with Crippen molar-refractivity contribution in [1.29, 1.82) is 0 Å². The Kier molecular flexibility index (Phi) is 4.54. The molecular formula is C17H22BrN3O3. The van der Waals surface area contributed by atoms with Crippen LogP contribution in [0.15, 0.2) is 21.6 Å². The Morgan fingerprint density at radius 1 is 1.29 bits per heavy atom. The maximum atomic E-state index is 5.89. The second kappa shape index (κ2) is 6.80. The van der Waals surface area contributed by atoms with E-state index in [1.54, 1.807) is 7.05 Å². The van der Waals surface area contributed by atoms with Gasteiger partial charge in [0, 0.05) is 13.6 Å². The van der Waals surface area contributed by atoms with Crippen molar-refractivity contribution < 1.29 is 14.2 Å². The van der Waals surface area contributed by atoms with Crippen molar-refractivity contribution in [1.82, 2.24) is 10.6 Å². The normalized spacial score (nSPS) is 28.1. The number of nitrogens with one attached hydrogen (secondary N) is 2. The first-order valence-electron chi connectivity index (χ1n) is 8.43. The van der Waals surface area contributed by atoms with E-state index in [1.165, 1.54) is 6.42 Å². The number of halogens is 1. The smallest absolute Gasteiger partial charge is 0.191 e. The van der Waals surface area contributed by atoms with E-state index in [0.29, 0.717) is 38.0 Å². The number of benzene rings is 1. The molecular weight excluding hydrogens is 374 g/mol. The lowest BCUT2D eigenvalue weighted by Gasteiger charge is -2.23. The predicted molar refractivity (Wildman–Crippen MR) is 94.8 cm³/mol. The van der Waals surface area contributed by atoms with Gasteiger partial charge in [0.05, 0.1) is 22.7 Å². The van der Waals surface area contributed by atoms with Crippen LogP contribution >= 0.6 is 15.9 Å². The summed E-state index contributed by atoms with van der Waals surface area (Å²) in [4.78, 5) is 4.33. The fourth-order valence-corrected chi connectivity index (χ4v) is 4.22. The van der Waals surface area contributed by atoms with Gasteiger partial charge in [-0.2, -0.15) is 0 Å². The zero-order chi connectivity index (χ0) is 16.5. The molecule has 24 heavy (non-hydrogen) atoms. The summed E-state index contributed by atoms with van der Waals surface area (Å²) in [5.41, 5.74) is 1.11. The highest BCUT2D eigenvalue weighted by atomic mass is 79.9. The molecule has 1 aromatic carbocycles. The Morgan fingerprint density at radius 2 is 2.17 bits per heavy atom. The number of hydrogen-bond acceptors (Lipinski definition) is 4. The van der Waals surface area contributed by atoms with Gasteiger partial charge in [0.2, 0.25) is 0 Å². The largest absolute Gasteiger partial charge is 0.486 e. The van der Waals surface area contributed by atoms with Crippen LogP contribution in [-0.4, -0.2) is 44.5 Å². The van der Waals surface area contributed by atoms with E-state index >= 15 is 0 Å². The summed E-state index contributed by atoms with van der Waals surface area (Å²) in [6, 6.07) is 4.43. The highest BCUT2D eigenvalue weighted by Crippen LogP contribution is 2.38. The number of fused-ring (bicyclic) bond motifs is 3. The topological polar surface area (TPSA) is 64.1 Å². The molecule has 2 N–H and O–H groups in total. The quantitative estimate of drug-likeness (QED) is 0.606. The van der Waals surface area contributed by atoms with Crippen molar-refractivity contribution in [2.24, 2.45) is 4.99 Å². The van der Waals surface area contributed by atoms with Crippen molar-refractivity contribution in [3.05, 3.63) is 22.2 Å². The van der Waals surface area contributed by atoms with Crippen LogP contribution in [0.4, 0.5) is 0 Å². The molecule has 3 unspecified atom stereocenters. The van der Waals surface area contributed by atoms with Crippen LogP contribution in [0.1, 0.15) is 24.8 Å². The van der Waals surface area contributed by atoms with Crippen LogP contribution in [0.5, 0.6) is 11.5 Å². The summed E-state index contributed by atoms with van der Waals surface area (Å²) in [5.74, 6) is 2.38. The van der Waals surface area contributed by atoms with Crippen LogP contribution in [-0.2, 0) is 11.3 Å². The molecule has 3 heterocycles. The van der Waals surface area contributed by atoms with Gasteiger partial charge in [-0.25, -0.2) is 0 Å². The van der Waals surface area contributed by atoms with E-state index in [-0.39, 0.29) is 0 Å². The summed E-state index contributed by atoms with van der Waals surface area (Å²) < 4.78 is 18.1. The maximum absolute atomic E-state index is 5.89. The monoisotopic (exact) mass is 395 g/mol. The molecule has 130 valence electrons. The molecule has 3 aliphatic rings. The minimum atomic E-state index is 0.331. The Labute approximate surface area is 150 Å². The van der Waals surface area contributed by atoms with Crippen molar-refractivity contribution >= 4 is 21.9 Å². The van der Waals surface area contributed by atoms with Gasteiger partial charge < -0.3 is 24.8 Å². The van der Waals surface area contributed by atoms with Crippen molar-refractivity contribution in [2.45, 2.75) is 44.1 Å². The van der Waals surface area contributed by atoms with Gasteiger partial charge in [-0.05, 0) is 52.9 Å². The molecule has 2 bridgehead atoms. The van der Waals surface area contributed by atoms with Crippen molar-refractivity contribution in [3.63, 3.8) is 0 Å². The summed E-state index contributed by atoms with van der Waals surface area (Å²) in [6.45, 7) is 1.84. The first-order valence-corrected chi connectivity index (χ1v) is 9.23. The maximum Gasteiger partial charge on any atom is 0.191 e. The second-order valence-corrected chi connectivity index (χ2v) is 7.24. The number of aliphatic imine (C=N–C) groups is 1. The minimum absolute atomic E-state index is 0.331. The van der Waals surface area contributed by atoms with Crippen molar-refractivity contribution in [2.75, 3.05) is 20.3 Å². The van der Waals surface area contributed by atoms with Gasteiger partial charge in [0.1, 0.15) is 13.2 Å². The summed E-state index contributed by atoms with van der Waals surface area (Å²) in [6.07, 6.45) is 4.17. The first-order chi connectivity index (χ1) is 11.7. The highest BCUT2D eigenvalue weighted by Gasteiger charge is 2.41. The fourth-order valence-electron chi connectivity index (χ4n) is 3.61. The van der Waals surface area contributed by atoms with Crippen LogP contribution in [0.3, 0.4) is 0 Å². The fraction of sp³-hybridized carbons (Fsp3) is 0.588. The van der Waals surface area contributed by atoms with Crippen LogP contribution in [0.2, 0.25) is 0 Å². The molecule has 0 aliphatic carbocycles. The van der Waals surface area contributed by atoms with Crippen LogP contribution in [0.25, 0.3) is 0 Å². The van der Waals surface area contributed by atoms with E-state index in [0.717, 1.165) is 40.3 Å². The standard InChI is InChI=1S/C17H22BrN3O3/c1-19-17(21-13-8-11-2-3-14(13)24-11)20-9-10-6-12(18)16-15(7-10)22-4-5-23-16/h6-7,11,13-14H,2-5,8-9H2,1H3,(H2,19,20,21). The molecule has 0 spiro atoms. The number of hydrogen-bond donors (Lipinski definition) is 2. The highest BCUT2D eigenvalue weighted by molar-refractivity contribution is 9.10. The average molecular weight is 396 g/mol. The van der Waals surface area contributed by atoms with Gasteiger partial charge in [-0.15, -0.1) is 0 Å². The van der Waals surface area contributed by atoms with E-state index in [9.17, 15) is 0 Å². The van der Waals surface area contributed by atoms with Gasteiger partial charge in [0.15, 0.2) is 17.5 Å². The van der Waals surface area contributed by atoms with E-state index in [2.05, 4.69) is 37.6 Å². The Morgan fingerprint density at radius 3 is 2.92 bits per heavy atom. The lowest BCUT2D eigenvalue weighted by atomic mass is 9.96. The average Bonchev–Trinajstić information content (AvgIpc) is 3.21. The summed E-state index contributed by atoms with van der Waals surface area (Å²) in [7, 11) is 1.79. The lowest BCUT2D eigenvalue weighted by molar-refractivity contribution is 0.0992. The first kappa shape index (κ1) is 16.0. The third kappa shape index (κ3) is 3.19. The second-order valence-electron chi connectivity index (χ2n) is 6.39. The molecule has 2 fully saturated rings. The predicted octanol–water partition coefficient (Wildman–Crippen LogP) is 2.21. The third-order valence-corrected chi connectivity index (χ3v) is 5.36. The molecule has 2 saturated heterocycles. The van der Waals surface area contributed by atoms with Crippen LogP contribution < -0.4 is 20.1 Å². The molecule has 1 aromatic rings. The van der Waals surface area contributed by atoms with E-state index in [1.807, 2.05) is 6.07 Å². The molecule has 4 rings (SSSR count). The van der Waals surface area contributed by atoms with Crippen molar-refractivity contribution in [3.8, 4) is 11.5 Å². The molecule has 7 heteroatoms.